The van der Waals surface area contributed by atoms with Crippen LogP contribution in [0.1, 0.15) is 37.3 Å². The Morgan fingerprint density at radius 1 is 1.29 bits per heavy atom. The lowest BCUT2D eigenvalue weighted by atomic mass is 9.75. The molecule has 1 atom stereocenters. The van der Waals surface area contributed by atoms with Crippen LogP contribution in [-0.4, -0.2) is 10.7 Å². The van der Waals surface area contributed by atoms with Gasteiger partial charge in [-0.25, -0.2) is 0 Å². The first-order valence-corrected chi connectivity index (χ1v) is 5.23. The van der Waals surface area contributed by atoms with E-state index in [4.69, 9.17) is 5.73 Å². The number of rotatable bonds is 3. The largest absolute Gasteiger partial charge is 0.390 e. The summed E-state index contributed by atoms with van der Waals surface area (Å²) < 4.78 is 0. The molecule has 0 bridgehead atoms. The molecule has 14 heavy (non-hydrogen) atoms. The van der Waals surface area contributed by atoms with Crippen molar-refractivity contribution in [1.29, 1.82) is 0 Å². The smallest absolute Gasteiger partial charge is 0.0665 e. The lowest BCUT2D eigenvalue weighted by Gasteiger charge is -2.38. The van der Waals surface area contributed by atoms with Crippen LogP contribution in [0.5, 0.6) is 0 Å². The van der Waals surface area contributed by atoms with E-state index in [1.54, 1.807) is 0 Å². The van der Waals surface area contributed by atoms with Crippen molar-refractivity contribution in [1.82, 2.24) is 0 Å². The minimum atomic E-state index is -0.477. The Morgan fingerprint density at radius 3 is 2.43 bits per heavy atom. The normalized spacial score (nSPS) is 21.3. The maximum absolute atomic E-state index is 9.96. The molecule has 0 radical (unpaired) electrons. The third-order valence-electron chi connectivity index (χ3n) is 3.11. The van der Waals surface area contributed by atoms with Crippen LogP contribution in [0.2, 0.25) is 0 Å². The van der Waals surface area contributed by atoms with Gasteiger partial charge in [0.05, 0.1) is 5.60 Å². The summed E-state index contributed by atoms with van der Waals surface area (Å²) in [4.78, 5) is 0. The molecule has 0 spiro atoms. The van der Waals surface area contributed by atoms with Crippen LogP contribution in [-0.2, 0) is 0 Å². The SMILES string of the molecule is NC(CC1(O)CCC1)c1ccccc1. The number of hydrogen-bond acceptors (Lipinski definition) is 2. The zero-order valence-electron chi connectivity index (χ0n) is 8.32. The molecule has 1 fully saturated rings. The van der Waals surface area contributed by atoms with E-state index in [1.807, 2.05) is 30.3 Å². The highest BCUT2D eigenvalue weighted by atomic mass is 16.3. The minimum absolute atomic E-state index is 0.0264. The fourth-order valence-corrected chi connectivity index (χ4v) is 2.02. The Morgan fingerprint density at radius 2 is 1.93 bits per heavy atom. The van der Waals surface area contributed by atoms with Gasteiger partial charge in [0.2, 0.25) is 0 Å². The Kier molecular flexibility index (Phi) is 2.57. The van der Waals surface area contributed by atoms with E-state index < -0.39 is 5.60 Å². The summed E-state index contributed by atoms with van der Waals surface area (Å²) in [6.07, 6.45) is 3.65. The zero-order valence-corrected chi connectivity index (χ0v) is 8.32. The summed E-state index contributed by atoms with van der Waals surface area (Å²) in [6.45, 7) is 0. The highest BCUT2D eigenvalue weighted by molar-refractivity contribution is 5.19. The van der Waals surface area contributed by atoms with E-state index in [-0.39, 0.29) is 6.04 Å². The lowest BCUT2D eigenvalue weighted by Crippen LogP contribution is -2.39. The molecule has 1 aromatic carbocycles. The Labute approximate surface area is 84.7 Å². The summed E-state index contributed by atoms with van der Waals surface area (Å²) in [7, 11) is 0. The van der Waals surface area contributed by atoms with Crippen molar-refractivity contribution < 1.29 is 5.11 Å². The van der Waals surface area contributed by atoms with Gasteiger partial charge in [0.15, 0.2) is 0 Å². The molecule has 0 aliphatic heterocycles. The molecule has 2 heteroatoms. The molecule has 3 N–H and O–H groups in total. The van der Waals surface area contributed by atoms with Crippen LogP contribution in [0, 0.1) is 0 Å². The maximum atomic E-state index is 9.96. The predicted molar refractivity (Wildman–Crippen MR) is 56.8 cm³/mol. The van der Waals surface area contributed by atoms with Gasteiger partial charge in [-0.1, -0.05) is 30.3 Å². The second-order valence-corrected chi connectivity index (χ2v) is 4.30. The second kappa shape index (κ2) is 3.71. The van der Waals surface area contributed by atoms with Crippen LogP contribution >= 0.6 is 0 Å². The van der Waals surface area contributed by atoms with Crippen molar-refractivity contribution >= 4 is 0 Å². The summed E-state index contributed by atoms with van der Waals surface area (Å²) >= 11 is 0. The minimum Gasteiger partial charge on any atom is -0.390 e. The van der Waals surface area contributed by atoms with Crippen LogP contribution in [0.4, 0.5) is 0 Å². The topological polar surface area (TPSA) is 46.2 Å². The maximum Gasteiger partial charge on any atom is 0.0665 e. The molecule has 1 aliphatic rings. The van der Waals surface area contributed by atoms with E-state index >= 15 is 0 Å². The number of nitrogens with two attached hydrogens (primary N) is 1. The number of hydrogen-bond donors (Lipinski definition) is 2. The molecule has 0 amide bonds. The van der Waals surface area contributed by atoms with Crippen molar-refractivity contribution in [2.24, 2.45) is 5.73 Å². The van der Waals surface area contributed by atoms with Gasteiger partial charge in [-0.3, -0.25) is 0 Å². The van der Waals surface area contributed by atoms with Crippen LogP contribution in [0.15, 0.2) is 30.3 Å². The fourth-order valence-electron chi connectivity index (χ4n) is 2.02. The first-order chi connectivity index (χ1) is 6.70. The third kappa shape index (κ3) is 1.97. The molecule has 1 aromatic rings. The summed E-state index contributed by atoms with van der Waals surface area (Å²) in [5.41, 5.74) is 6.67. The molecule has 0 aromatic heterocycles. The van der Waals surface area contributed by atoms with E-state index in [2.05, 4.69) is 0 Å². The Balaban J connectivity index is 1.99. The quantitative estimate of drug-likeness (QED) is 0.767. The first-order valence-electron chi connectivity index (χ1n) is 5.23. The van der Waals surface area contributed by atoms with Gasteiger partial charge in [0, 0.05) is 6.04 Å². The van der Waals surface area contributed by atoms with Gasteiger partial charge in [0.25, 0.3) is 0 Å². The highest BCUT2D eigenvalue weighted by Gasteiger charge is 2.35. The van der Waals surface area contributed by atoms with Gasteiger partial charge in [0.1, 0.15) is 0 Å². The standard InChI is InChI=1S/C12H17NO/c13-11(9-12(14)7-4-8-12)10-5-2-1-3-6-10/h1-3,5-6,11,14H,4,7-9,13H2. The molecule has 0 saturated heterocycles. The number of benzene rings is 1. The van der Waals surface area contributed by atoms with Gasteiger partial charge >= 0.3 is 0 Å². The predicted octanol–water partition coefficient (Wildman–Crippen LogP) is 1.99. The number of aliphatic hydroxyl groups is 1. The second-order valence-electron chi connectivity index (χ2n) is 4.30. The van der Waals surface area contributed by atoms with Crippen molar-refractivity contribution in [2.75, 3.05) is 0 Å². The summed E-state index contributed by atoms with van der Waals surface area (Å²) in [6, 6.07) is 9.97. The average Bonchev–Trinajstić information content (AvgIpc) is 2.17. The first kappa shape index (κ1) is 9.69. The molecule has 1 unspecified atom stereocenters. The molecular formula is C12H17NO. The lowest BCUT2D eigenvalue weighted by molar-refractivity contribution is -0.0452. The molecule has 2 rings (SSSR count). The van der Waals surface area contributed by atoms with Crippen molar-refractivity contribution in [3.63, 3.8) is 0 Å². The van der Waals surface area contributed by atoms with E-state index in [0.717, 1.165) is 24.8 Å². The average molecular weight is 191 g/mol. The molecule has 76 valence electrons. The van der Waals surface area contributed by atoms with Crippen LogP contribution in [0.3, 0.4) is 0 Å². The molecule has 2 nitrogen and oxygen atoms in total. The fraction of sp³-hybridized carbons (Fsp3) is 0.500. The van der Waals surface area contributed by atoms with Crippen molar-refractivity contribution in [3.8, 4) is 0 Å². The third-order valence-corrected chi connectivity index (χ3v) is 3.11. The van der Waals surface area contributed by atoms with E-state index in [9.17, 15) is 5.11 Å². The zero-order chi connectivity index (χ0) is 10.0. The molecule has 1 saturated carbocycles. The monoisotopic (exact) mass is 191 g/mol. The van der Waals surface area contributed by atoms with Gasteiger partial charge in [-0.15, -0.1) is 0 Å². The van der Waals surface area contributed by atoms with Crippen molar-refractivity contribution in [2.45, 2.75) is 37.3 Å². The van der Waals surface area contributed by atoms with Crippen LogP contribution < -0.4 is 5.73 Å². The summed E-state index contributed by atoms with van der Waals surface area (Å²) in [5.74, 6) is 0. The van der Waals surface area contributed by atoms with Gasteiger partial charge in [-0.2, -0.15) is 0 Å². The Hall–Kier alpha value is -0.860. The van der Waals surface area contributed by atoms with E-state index in [1.165, 1.54) is 0 Å². The van der Waals surface area contributed by atoms with Crippen LogP contribution in [0.25, 0.3) is 0 Å². The van der Waals surface area contributed by atoms with Gasteiger partial charge < -0.3 is 10.8 Å². The molecule has 1 aliphatic carbocycles. The highest BCUT2D eigenvalue weighted by Crippen LogP contribution is 2.38. The van der Waals surface area contributed by atoms with Gasteiger partial charge in [-0.05, 0) is 31.2 Å². The van der Waals surface area contributed by atoms with E-state index in [0.29, 0.717) is 6.42 Å². The molecular weight excluding hydrogens is 174 g/mol. The molecule has 0 heterocycles. The van der Waals surface area contributed by atoms with Crippen molar-refractivity contribution in [3.05, 3.63) is 35.9 Å². The summed E-state index contributed by atoms with van der Waals surface area (Å²) in [5, 5.41) is 9.96. The Bertz CT molecular complexity index is 292.